The number of hydrogen-bond acceptors (Lipinski definition) is 6. The van der Waals surface area contributed by atoms with Gasteiger partial charge in [-0.15, -0.1) is 12.3 Å². The number of anilines is 2. The molecule has 0 aliphatic carbocycles. The van der Waals surface area contributed by atoms with Crippen LogP contribution in [0.4, 0.5) is 11.5 Å². The molecule has 3 heterocycles. The molecule has 1 fully saturated rings. The van der Waals surface area contributed by atoms with E-state index in [1.165, 1.54) is 0 Å². The quantitative estimate of drug-likeness (QED) is 0.765. The lowest BCUT2D eigenvalue weighted by atomic mass is 10.0. The number of carbonyl (C=O) groups is 1. The number of aryl methyl sites for hydroxylation is 2. The zero-order valence-electron chi connectivity index (χ0n) is 14.8. The zero-order valence-corrected chi connectivity index (χ0v) is 14.8. The van der Waals surface area contributed by atoms with Crippen LogP contribution in [0.25, 0.3) is 0 Å². The Morgan fingerprint density at radius 1 is 1.36 bits per heavy atom. The van der Waals surface area contributed by atoms with Crippen molar-refractivity contribution < 1.29 is 9.53 Å². The molecule has 1 amide bonds. The Bertz CT molecular complexity index is 705. The lowest BCUT2D eigenvalue weighted by Gasteiger charge is -2.29. The average molecular weight is 344 g/mol. The zero-order chi connectivity index (χ0) is 17.9. The fourth-order valence-corrected chi connectivity index (χ4v) is 3.11. The summed E-state index contributed by atoms with van der Waals surface area (Å²) in [5, 5.41) is 15.6. The van der Waals surface area contributed by atoms with Crippen molar-refractivity contribution in [2.75, 3.05) is 36.5 Å². The van der Waals surface area contributed by atoms with Crippen LogP contribution in [0.2, 0.25) is 0 Å². The Kier molecular flexibility index (Phi) is 5.04. The molecular formula is C17H24N6O2. The van der Waals surface area contributed by atoms with Gasteiger partial charge in [0.1, 0.15) is 5.69 Å². The van der Waals surface area contributed by atoms with Gasteiger partial charge in [-0.3, -0.25) is 9.48 Å². The van der Waals surface area contributed by atoms with E-state index in [0.29, 0.717) is 38.9 Å². The Morgan fingerprint density at radius 3 is 2.72 bits per heavy atom. The van der Waals surface area contributed by atoms with Gasteiger partial charge in [-0.25, -0.2) is 0 Å². The molecule has 25 heavy (non-hydrogen) atoms. The summed E-state index contributed by atoms with van der Waals surface area (Å²) < 4.78 is 7.23. The van der Waals surface area contributed by atoms with Gasteiger partial charge in [0.2, 0.25) is 5.91 Å². The van der Waals surface area contributed by atoms with Crippen LogP contribution in [0.1, 0.15) is 31.4 Å². The van der Waals surface area contributed by atoms with Crippen molar-refractivity contribution in [2.24, 2.45) is 17.3 Å². The summed E-state index contributed by atoms with van der Waals surface area (Å²) in [5.74, 6) is 3.47. The lowest BCUT2D eigenvalue weighted by molar-refractivity contribution is -0.116. The third-order valence-corrected chi connectivity index (χ3v) is 4.57. The summed E-state index contributed by atoms with van der Waals surface area (Å²) in [6, 6.07) is 0. The second-order valence-electron chi connectivity index (χ2n) is 6.44. The van der Waals surface area contributed by atoms with Gasteiger partial charge < -0.3 is 15.0 Å². The molecule has 1 saturated heterocycles. The van der Waals surface area contributed by atoms with Crippen LogP contribution in [0.5, 0.6) is 0 Å². The first kappa shape index (κ1) is 17.4. The van der Waals surface area contributed by atoms with Gasteiger partial charge in [-0.2, -0.15) is 15.3 Å². The third-order valence-electron chi connectivity index (χ3n) is 4.57. The molecule has 2 aliphatic rings. The molecule has 0 unspecified atom stereocenters. The Morgan fingerprint density at radius 2 is 2.08 bits per heavy atom. The Balaban J connectivity index is 1.62. The highest BCUT2D eigenvalue weighted by molar-refractivity contribution is 5.94. The van der Waals surface area contributed by atoms with E-state index in [1.807, 2.05) is 18.7 Å². The highest BCUT2D eigenvalue weighted by Gasteiger charge is 2.39. The molecule has 8 nitrogen and oxygen atoms in total. The first-order valence-electron chi connectivity index (χ1n) is 8.58. The number of nitrogens with zero attached hydrogens (tertiary/aromatic N) is 5. The second kappa shape index (κ2) is 7.23. The summed E-state index contributed by atoms with van der Waals surface area (Å²) in [6.07, 6.45) is 7.57. The minimum absolute atomic E-state index is 0.0528. The minimum atomic E-state index is -0.430. The van der Waals surface area contributed by atoms with Crippen LogP contribution in [-0.2, 0) is 16.6 Å². The smallest absolute Gasteiger partial charge is 0.224 e. The first-order valence-corrected chi connectivity index (χ1v) is 8.58. The van der Waals surface area contributed by atoms with E-state index in [9.17, 15) is 4.79 Å². The molecule has 3 rings (SSSR count). The van der Waals surface area contributed by atoms with Crippen molar-refractivity contribution in [3.63, 3.8) is 0 Å². The van der Waals surface area contributed by atoms with Crippen molar-refractivity contribution in [3.8, 4) is 12.3 Å². The molecule has 1 aromatic heterocycles. The Labute approximate surface area is 147 Å². The van der Waals surface area contributed by atoms with Crippen molar-refractivity contribution >= 4 is 17.4 Å². The van der Waals surface area contributed by atoms with Crippen LogP contribution in [-0.4, -0.2) is 47.7 Å². The van der Waals surface area contributed by atoms with Gasteiger partial charge in [0.05, 0.1) is 18.9 Å². The molecule has 134 valence electrons. The Hall–Kier alpha value is -2.40. The largest absolute Gasteiger partial charge is 0.378 e. The van der Waals surface area contributed by atoms with Crippen LogP contribution >= 0.6 is 0 Å². The molecule has 0 saturated carbocycles. The second-order valence-corrected chi connectivity index (χ2v) is 6.44. The molecule has 8 heteroatoms. The number of nitrogens with one attached hydrogen (secondary N) is 1. The average Bonchev–Trinajstić information content (AvgIpc) is 3.33. The van der Waals surface area contributed by atoms with E-state index in [0.717, 1.165) is 30.3 Å². The molecule has 0 radical (unpaired) electrons. The molecule has 1 N–H and O–H groups in total. The molecule has 1 aromatic rings. The number of terminal acetylenes is 1. The summed E-state index contributed by atoms with van der Waals surface area (Å²) in [7, 11) is 1.89. The van der Waals surface area contributed by atoms with E-state index < -0.39 is 5.66 Å². The summed E-state index contributed by atoms with van der Waals surface area (Å²) in [5.41, 5.74) is 1.15. The van der Waals surface area contributed by atoms with Crippen molar-refractivity contribution in [3.05, 3.63) is 5.69 Å². The monoisotopic (exact) mass is 344 g/mol. The maximum Gasteiger partial charge on any atom is 0.224 e. The molecule has 0 aromatic carbocycles. The fourth-order valence-electron chi connectivity index (χ4n) is 3.11. The van der Waals surface area contributed by atoms with Gasteiger partial charge >= 0.3 is 0 Å². The SMILES string of the molecule is C#CCCC1(CCC(=O)Nc2c(C)nn(C)c2N2CCOCC2)N=N1. The number of morpholine rings is 1. The van der Waals surface area contributed by atoms with Crippen LogP contribution in [0, 0.1) is 19.3 Å². The summed E-state index contributed by atoms with van der Waals surface area (Å²) >= 11 is 0. The van der Waals surface area contributed by atoms with Crippen molar-refractivity contribution in [2.45, 2.75) is 38.3 Å². The van der Waals surface area contributed by atoms with Crippen LogP contribution < -0.4 is 10.2 Å². The molecule has 0 bridgehead atoms. The summed E-state index contributed by atoms with van der Waals surface area (Å²) in [4.78, 5) is 14.6. The number of aromatic nitrogens is 2. The van der Waals surface area contributed by atoms with Gasteiger partial charge in [-0.1, -0.05) is 0 Å². The van der Waals surface area contributed by atoms with Gasteiger partial charge in [-0.05, 0) is 6.92 Å². The minimum Gasteiger partial charge on any atom is -0.378 e. The predicted octanol–water partition coefficient (Wildman–Crippen LogP) is 1.86. The van der Waals surface area contributed by atoms with E-state index in [2.05, 4.69) is 31.5 Å². The number of carbonyl (C=O) groups excluding carboxylic acids is 1. The first-order chi connectivity index (χ1) is 12.0. The van der Waals surface area contributed by atoms with E-state index >= 15 is 0 Å². The number of rotatable bonds is 7. The van der Waals surface area contributed by atoms with E-state index in [-0.39, 0.29) is 5.91 Å². The van der Waals surface area contributed by atoms with E-state index in [4.69, 9.17) is 11.2 Å². The lowest BCUT2D eigenvalue weighted by Crippen LogP contribution is -2.38. The normalized spacial score (nSPS) is 18.0. The maximum absolute atomic E-state index is 12.4. The highest BCUT2D eigenvalue weighted by atomic mass is 16.5. The van der Waals surface area contributed by atoms with Gasteiger partial charge in [0.15, 0.2) is 11.5 Å². The van der Waals surface area contributed by atoms with Gasteiger partial charge in [0.25, 0.3) is 0 Å². The fraction of sp³-hybridized carbons (Fsp3) is 0.647. The predicted molar refractivity (Wildman–Crippen MR) is 94.5 cm³/mol. The molecule has 2 aliphatic heterocycles. The highest BCUT2D eigenvalue weighted by Crippen LogP contribution is 2.38. The number of hydrogen-bond donors (Lipinski definition) is 1. The third kappa shape index (κ3) is 3.99. The standard InChI is InChI=1S/C17H24N6O2/c1-4-5-7-17(20-21-17)8-6-14(24)18-15-13(2)19-22(3)16(15)23-9-11-25-12-10-23/h1H,5-12H2,2-3H3,(H,18,24). The molecule has 0 atom stereocenters. The van der Waals surface area contributed by atoms with E-state index in [1.54, 1.807) is 0 Å². The van der Waals surface area contributed by atoms with Crippen molar-refractivity contribution in [1.82, 2.24) is 9.78 Å². The molecular weight excluding hydrogens is 320 g/mol. The summed E-state index contributed by atoms with van der Waals surface area (Å²) in [6.45, 7) is 4.83. The number of amides is 1. The van der Waals surface area contributed by atoms with Crippen LogP contribution in [0.3, 0.4) is 0 Å². The maximum atomic E-state index is 12.4. The molecule has 0 spiro atoms. The van der Waals surface area contributed by atoms with Gasteiger partial charge in [0, 0.05) is 45.8 Å². The van der Waals surface area contributed by atoms with Crippen LogP contribution in [0.15, 0.2) is 10.2 Å². The topological polar surface area (TPSA) is 84.1 Å². The number of ether oxygens (including phenoxy) is 1. The van der Waals surface area contributed by atoms with Crippen molar-refractivity contribution in [1.29, 1.82) is 0 Å².